The molecule has 1 fully saturated rings. The van der Waals surface area contributed by atoms with Crippen molar-refractivity contribution in [1.82, 2.24) is 25.5 Å². The molecule has 1 amide bonds. The molecule has 2 heterocycles. The molecular weight excluding hydrogens is 208 g/mol. The van der Waals surface area contributed by atoms with Gasteiger partial charge < -0.3 is 5.32 Å². The van der Waals surface area contributed by atoms with Gasteiger partial charge in [0.05, 0.1) is 12.6 Å². The van der Waals surface area contributed by atoms with Gasteiger partial charge in [-0.1, -0.05) is 12.0 Å². The van der Waals surface area contributed by atoms with Crippen molar-refractivity contribution < 1.29 is 4.79 Å². The van der Waals surface area contributed by atoms with Crippen molar-refractivity contribution in [2.75, 3.05) is 11.9 Å². The van der Waals surface area contributed by atoms with Crippen LogP contribution in [-0.2, 0) is 11.8 Å². The minimum atomic E-state index is -0.459. The minimum Gasteiger partial charge on any atom is -0.303 e. The van der Waals surface area contributed by atoms with Crippen LogP contribution in [0.3, 0.4) is 0 Å². The highest BCUT2D eigenvalue weighted by Gasteiger charge is 2.39. The zero-order valence-corrected chi connectivity index (χ0v) is 9.53. The van der Waals surface area contributed by atoms with Crippen molar-refractivity contribution in [3.63, 3.8) is 0 Å². The smallest absolute Gasteiger partial charge is 0.270 e. The molecule has 0 bridgehead atoms. The van der Waals surface area contributed by atoms with Gasteiger partial charge in [-0.15, -0.1) is 5.10 Å². The van der Waals surface area contributed by atoms with Gasteiger partial charge in [-0.2, -0.15) is 4.80 Å². The minimum absolute atomic E-state index is 0.0690. The number of aryl methyl sites for hydroxylation is 1. The fourth-order valence-electron chi connectivity index (χ4n) is 2.02. The number of nitrogens with one attached hydrogen (secondary N) is 2. The first-order valence-corrected chi connectivity index (χ1v) is 5.47. The largest absolute Gasteiger partial charge is 0.303 e. The highest BCUT2D eigenvalue weighted by atomic mass is 16.2. The van der Waals surface area contributed by atoms with Gasteiger partial charge in [-0.05, 0) is 31.0 Å². The molecular formula is C9H16N6O. The number of hydrogen-bond donors (Lipinski definition) is 2. The predicted molar refractivity (Wildman–Crippen MR) is 57.7 cm³/mol. The Morgan fingerprint density at radius 1 is 1.69 bits per heavy atom. The van der Waals surface area contributed by atoms with Crippen LogP contribution < -0.4 is 10.6 Å². The molecule has 0 spiro atoms. The van der Waals surface area contributed by atoms with Gasteiger partial charge in [0.15, 0.2) is 0 Å². The molecule has 1 aliphatic rings. The molecule has 1 aromatic rings. The number of nitrogens with zero attached hydrogens (tertiary/aromatic N) is 4. The Balaban J connectivity index is 2.07. The Morgan fingerprint density at radius 3 is 3.00 bits per heavy atom. The summed E-state index contributed by atoms with van der Waals surface area (Å²) in [7, 11) is 1.66. The zero-order valence-electron chi connectivity index (χ0n) is 9.53. The van der Waals surface area contributed by atoms with Crippen LogP contribution in [0.2, 0.25) is 0 Å². The van der Waals surface area contributed by atoms with Gasteiger partial charge in [-0.3, -0.25) is 10.1 Å². The first-order chi connectivity index (χ1) is 7.66. The fourth-order valence-corrected chi connectivity index (χ4v) is 2.02. The Morgan fingerprint density at radius 2 is 2.50 bits per heavy atom. The average Bonchev–Trinajstić information content (AvgIpc) is 2.88. The zero-order chi connectivity index (χ0) is 11.6. The van der Waals surface area contributed by atoms with Crippen molar-refractivity contribution in [1.29, 1.82) is 0 Å². The van der Waals surface area contributed by atoms with Crippen LogP contribution in [-0.4, -0.2) is 38.2 Å². The molecule has 1 unspecified atom stereocenters. The highest BCUT2D eigenvalue weighted by molar-refractivity contribution is 5.97. The summed E-state index contributed by atoms with van der Waals surface area (Å²) in [5.74, 6) is 0.189. The van der Waals surface area contributed by atoms with E-state index in [-0.39, 0.29) is 11.9 Å². The lowest BCUT2D eigenvalue weighted by Crippen LogP contribution is -2.50. The first-order valence-electron chi connectivity index (χ1n) is 5.47. The fraction of sp³-hybridized carbons (Fsp3) is 0.778. The maximum atomic E-state index is 12.1. The summed E-state index contributed by atoms with van der Waals surface area (Å²) in [6, 6.07) is 0. The summed E-state index contributed by atoms with van der Waals surface area (Å²) in [6.45, 7) is 2.89. The van der Waals surface area contributed by atoms with E-state index in [4.69, 9.17) is 0 Å². The van der Waals surface area contributed by atoms with E-state index in [1.165, 1.54) is 4.80 Å². The number of carbonyl (C=O) groups is 1. The van der Waals surface area contributed by atoms with E-state index >= 15 is 0 Å². The molecule has 0 saturated carbocycles. The van der Waals surface area contributed by atoms with E-state index in [0.29, 0.717) is 0 Å². The van der Waals surface area contributed by atoms with Crippen LogP contribution >= 0.6 is 0 Å². The molecule has 16 heavy (non-hydrogen) atoms. The van der Waals surface area contributed by atoms with Crippen LogP contribution in [0.5, 0.6) is 0 Å². The summed E-state index contributed by atoms with van der Waals surface area (Å²) in [4.78, 5) is 13.4. The summed E-state index contributed by atoms with van der Waals surface area (Å²) < 4.78 is 0. The standard InChI is InChI=1S/C9H16N6O/c1-3-9(5-4-6-10-9)7(16)11-8-12-14-15(2)13-8/h10H,3-6H2,1-2H3,(H,11,13,16). The first kappa shape index (κ1) is 11.0. The van der Waals surface area contributed by atoms with Crippen LogP contribution in [0.25, 0.3) is 0 Å². The predicted octanol–water partition coefficient (Wildman–Crippen LogP) is -0.319. The average molecular weight is 224 g/mol. The maximum absolute atomic E-state index is 12.1. The second-order valence-corrected chi connectivity index (χ2v) is 4.02. The van der Waals surface area contributed by atoms with Gasteiger partial charge in [0, 0.05) is 0 Å². The summed E-state index contributed by atoms with van der Waals surface area (Å²) >= 11 is 0. The van der Waals surface area contributed by atoms with Crippen molar-refractivity contribution in [2.24, 2.45) is 7.05 Å². The molecule has 2 rings (SSSR count). The lowest BCUT2D eigenvalue weighted by Gasteiger charge is -2.25. The summed E-state index contributed by atoms with van der Waals surface area (Å²) in [6.07, 6.45) is 2.64. The third-order valence-corrected chi connectivity index (χ3v) is 3.02. The Labute approximate surface area is 93.6 Å². The number of hydrogen-bond acceptors (Lipinski definition) is 5. The van der Waals surface area contributed by atoms with Gasteiger partial charge in [-0.25, -0.2) is 0 Å². The van der Waals surface area contributed by atoms with Gasteiger partial charge in [0.1, 0.15) is 0 Å². The van der Waals surface area contributed by atoms with E-state index in [9.17, 15) is 4.79 Å². The van der Waals surface area contributed by atoms with Crippen LogP contribution in [0.15, 0.2) is 0 Å². The van der Waals surface area contributed by atoms with E-state index in [1.54, 1.807) is 7.05 Å². The number of tetrazole rings is 1. The molecule has 1 aliphatic heterocycles. The molecule has 2 N–H and O–H groups in total. The van der Waals surface area contributed by atoms with Crippen LogP contribution in [0.1, 0.15) is 26.2 Å². The Kier molecular flexibility index (Phi) is 2.86. The van der Waals surface area contributed by atoms with Gasteiger partial charge >= 0.3 is 0 Å². The number of rotatable bonds is 3. The second kappa shape index (κ2) is 4.17. The van der Waals surface area contributed by atoms with E-state index in [2.05, 4.69) is 26.0 Å². The number of carbonyl (C=O) groups excluding carboxylic acids is 1. The molecule has 1 saturated heterocycles. The lowest BCUT2D eigenvalue weighted by molar-refractivity contribution is -0.122. The third kappa shape index (κ3) is 1.90. The van der Waals surface area contributed by atoms with E-state index in [0.717, 1.165) is 25.8 Å². The molecule has 0 aliphatic carbocycles. The molecule has 0 aromatic carbocycles. The molecule has 88 valence electrons. The molecule has 1 aromatic heterocycles. The van der Waals surface area contributed by atoms with Crippen molar-refractivity contribution in [2.45, 2.75) is 31.7 Å². The number of amides is 1. The van der Waals surface area contributed by atoms with Crippen molar-refractivity contribution >= 4 is 11.9 Å². The molecule has 1 atom stereocenters. The normalized spacial score (nSPS) is 24.6. The van der Waals surface area contributed by atoms with Gasteiger partial charge in [0.25, 0.3) is 5.95 Å². The molecule has 0 radical (unpaired) electrons. The maximum Gasteiger partial charge on any atom is 0.270 e. The Bertz CT molecular complexity index is 381. The van der Waals surface area contributed by atoms with Crippen LogP contribution in [0.4, 0.5) is 5.95 Å². The summed E-state index contributed by atoms with van der Waals surface area (Å²) in [5.41, 5.74) is -0.459. The highest BCUT2D eigenvalue weighted by Crippen LogP contribution is 2.24. The number of anilines is 1. The lowest BCUT2D eigenvalue weighted by atomic mass is 9.93. The Hall–Kier alpha value is -1.50. The van der Waals surface area contributed by atoms with Crippen molar-refractivity contribution in [3.8, 4) is 0 Å². The third-order valence-electron chi connectivity index (χ3n) is 3.02. The van der Waals surface area contributed by atoms with E-state index < -0.39 is 5.54 Å². The van der Waals surface area contributed by atoms with Gasteiger partial charge in [0.2, 0.25) is 5.91 Å². The topological polar surface area (TPSA) is 84.7 Å². The quantitative estimate of drug-likeness (QED) is 0.735. The van der Waals surface area contributed by atoms with Crippen molar-refractivity contribution in [3.05, 3.63) is 0 Å². The van der Waals surface area contributed by atoms with E-state index in [1.807, 2.05) is 6.92 Å². The summed E-state index contributed by atoms with van der Waals surface area (Å²) in [5, 5.41) is 17.3. The monoisotopic (exact) mass is 224 g/mol. The molecule has 7 heteroatoms. The SMILES string of the molecule is CCC1(C(=O)Nc2nnn(C)n2)CCCN1. The second-order valence-electron chi connectivity index (χ2n) is 4.02. The molecule has 7 nitrogen and oxygen atoms in total. The number of aromatic nitrogens is 4. The van der Waals surface area contributed by atoms with Crippen LogP contribution in [0, 0.1) is 0 Å².